The summed E-state index contributed by atoms with van der Waals surface area (Å²) in [5.41, 5.74) is 0. The van der Waals surface area contributed by atoms with Crippen LogP contribution in [0.4, 0.5) is 0 Å². The summed E-state index contributed by atoms with van der Waals surface area (Å²) in [7, 11) is 0. The van der Waals surface area contributed by atoms with Gasteiger partial charge in [-0.2, -0.15) is 0 Å². The van der Waals surface area contributed by atoms with Gasteiger partial charge >= 0.3 is 5.97 Å². The van der Waals surface area contributed by atoms with Gasteiger partial charge in [-0.3, -0.25) is 14.4 Å². The first-order valence-electron chi connectivity index (χ1n) is 5.59. The van der Waals surface area contributed by atoms with Crippen molar-refractivity contribution in [2.24, 2.45) is 5.92 Å². The fraction of sp³-hybridized carbons (Fsp3) is 0.727. The highest BCUT2D eigenvalue weighted by Crippen LogP contribution is 2.04. The van der Waals surface area contributed by atoms with Gasteiger partial charge in [0, 0.05) is 13.5 Å². The van der Waals surface area contributed by atoms with E-state index in [1.54, 1.807) is 0 Å². The first-order chi connectivity index (χ1) is 7.82. The number of rotatable bonds is 7. The summed E-state index contributed by atoms with van der Waals surface area (Å²) in [5, 5.41) is 13.5. The molecule has 6 heteroatoms. The molecule has 0 unspecified atom stereocenters. The molecule has 2 amide bonds. The Labute approximate surface area is 101 Å². The Morgan fingerprint density at radius 1 is 1.24 bits per heavy atom. The van der Waals surface area contributed by atoms with Gasteiger partial charge in [0.2, 0.25) is 11.8 Å². The normalized spacial score (nSPS) is 12.0. The fourth-order valence-electron chi connectivity index (χ4n) is 1.36. The number of hydrogen-bond donors (Lipinski definition) is 3. The zero-order valence-electron chi connectivity index (χ0n) is 10.4. The monoisotopic (exact) mass is 244 g/mol. The predicted molar refractivity (Wildman–Crippen MR) is 62.3 cm³/mol. The number of amides is 2. The van der Waals surface area contributed by atoms with Crippen molar-refractivity contribution in [3.8, 4) is 0 Å². The Balaban J connectivity index is 4.21. The SMILES string of the molecule is CC(=O)N[C@@H](CC(C)C)C(=O)NCCC(=O)O. The van der Waals surface area contributed by atoms with Crippen LogP contribution in [0.25, 0.3) is 0 Å². The Bertz CT molecular complexity index is 289. The molecule has 0 aromatic heterocycles. The first kappa shape index (κ1) is 15.4. The summed E-state index contributed by atoms with van der Waals surface area (Å²) in [6.45, 7) is 5.30. The van der Waals surface area contributed by atoms with E-state index in [9.17, 15) is 14.4 Å². The third kappa shape index (κ3) is 8.24. The molecule has 0 heterocycles. The van der Waals surface area contributed by atoms with Gasteiger partial charge in [-0.25, -0.2) is 0 Å². The van der Waals surface area contributed by atoms with Crippen molar-refractivity contribution in [1.82, 2.24) is 10.6 Å². The van der Waals surface area contributed by atoms with E-state index >= 15 is 0 Å². The van der Waals surface area contributed by atoms with Crippen molar-refractivity contribution in [3.05, 3.63) is 0 Å². The molecule has 0 aliphatic rings. The summed E-state index contributed by atoms with van der Waals surface area (Å²) in [5.74, 6) is -1.32. The van der Waals surface area contributed by atoms with Gasteiger partial charge < -0.3 is 15.7 Å². The average Bonchev–Trinajstić information content (AvgIpc) is 2.14. The Morgan fingerprint density at radius 3 is 2.24 bits per heavy atom. The lowest BCUT2D eigenvalue weighted by Gasteiger charge is -2.19. The number of carbonyl (C=O) groups excluding carboxylic acids is 2. The largest absolute Gasteiger partial charge is 0.481 e. The third-order valence-corrected chi connectivity index (χ3v) is 2.04. The Hall–Kier alpha value is -1.59. The maximum absolute atomic E-state index is 11.7. The predicted octanol–water partition coefficient (Wildman–Crippen LogP) is 0.128. The summed E-state index contributed by atoms with van der Waals surface area (Å²) >= 11 is 0. The van der Waals surface area contributed by atoms with Crippen molar-refractivity contribution >= 4 is 17.8 Å². The minimum atomic E-state index is -0.967. The van der Waals surface area contributed by atoms with Gasteiger partial charge in [-0.05, 0) is 12.3 Å². The van der Waals surface area contributed by atoms with Crippen molar-refractivity contribution in [3.63, 3.8) is 0 Å². The quantitative estimate of drug-likeness (QED) is 0.593. The lowest BCUT2D eigenvalue weighted by Crippen LogP contribution is -2.47. The average molecular weight is 244 g/mol. The molecule has 0 saturated heterocycles. The molecule has 1 atom stereocenters. The third-order valence-electron chi connectivity index (χ3n) is 2.04. The molecule has 3 N–H and O–H groups in total. The smallest absolute Gasteiger partial charge is 0.305 e. The standard InChI is InChI=1S/C11H20N2O4/c1-7(2)6-9(13-8(3)14)11(17)12-5-4-10(15)16/h7,9H,4-6H2,1-3H3,(H,12,17)(H,13,14)(H,15,16)/t9-/m0/s1. The molecule has 0 bridgehead atoms. The zero-order valence-corrected chi connectivity index (χ0v) is 10.4. The van der Waals surface area contributed by atoms with Gasteiger partial charge in [0.15, 0.2) is 0 Å². The van der Waals surface area contributed by atoms with E-state index in [-0.39, 0.29) is 30.7 Å². The molecule has 0 aliphatic heterocycles. The molecule has 6 nitrogen and oxygen atoms in total. The number of carboxylic acids is 1. The number of nitrogens with one attached hydrogen (secondary N) is 2. The molecule has 0 radical (unpaired) electrons. The van der Waals surface area contributed by atoms with Crippen LogP contribution in [0, 0.1) is 5.92 Å². The topological polar surface area (TPSA) is 95.5 Å². The van der Waals surface area contributed by atoms with E-state index in [0.29, 0.717) is 6.42 Å². The number of hydrogen-bond acceptors (Lipinski definition) is 3. The van der Waals surface area contributed by atoms with Crippen LogP contribution in [0.1, 0.15) is 33.6 Å². The molecule has 0 saturated carbocycles. The highest BCUT2D eigenvalue weighted by molar-refractivity contribution is 5.87. The highest BCUT2D eigenvalue weighted by Gasteiger charge is 2.20. The molecule has 0 rings (SSSR count). The van der Waals surface area contributed by atoms with Crippen LogP contribution >= 0.6 is 0 Å². The highest BCUT2D eigenvalue weighted by atomic mass is 16.4. The van der Waals surface area contributed by atoms with Crippen molar-refractivity contribution < 1.29 is 19.5 Å². The lowest BCUT2D eigenvalue weighted by molar-refractivity contribution is -0.137. The van der Waals surface area contributed by atoms with Crippen molar-refractivity contribution in [1.29, 1.82) is 0 Å². The number of carboxylic acid groups (broad SMARTS) is 1. The molecular formula is C11H20N2O4. The van der Waals surface area contributed by atoms with E-state index in [2.05, 4.69) is 10.6 Å². The first-order valence-corrected chi connectivity index (χ1v) is 5.59. The minimum absolute atomic E-state index is 0.0718. The molecular weight excluding hydrogens is 224 g/mol. The van der Waals surface area contributed by atoms with Crippen LogP contribution in [0.5, 0.6) is 0 Å². The van der Waals surface area contributed by atoms with E-state index in [4.69, 9.17) is 5.11 Å². The summed E-state index contributed by atoms with van der Waals surface area (Å²) in [6, 6.07) is -0.596. The second-order valence-electron chi connectivity index (χ2n) is 4.32. The van der Waals surface area contributed by atoms with E-state index in [1.165, 1.54) is 6.92 Å². The van der Waals surface area contributed by atoms with Gasteiger partial charge in [0.25, 0.3) is 0 Å². The van der Waals surface area contributed by atoms with Crippen molar-refractivity contribution in [2.75, 3.05) is 6.54 Å². The minimum Gasteiger partial charge on any atom is -0.481 e. The summed E-state index contributed by atoms with van der Waals surface area (Å²) in [4.78, 5) is 32.9. The maximum atomic E-state index is 11.7. The second-order valence-corrected chi connectivity index (χ2v) is 4.32. The molecule has 0 aromatic carbocycles. The van der Waals surface area contributed by atoms with E-state index < -0.39 is 12.0 Å². The van der Waals surface area contributed by atoms with Gasteiger partial charge in [0.05, 0.1) is 6.42 Å². The molecule has 0 aliphatic carbocycles. The van der Waals surface area contributed by atoms with Gasteiger partial charge in [0.1, 0.15) is 6.04 Å². The van der Waals surface area contributed by atoms with Gasteiger partial charge in [-0.15, -0.1) is 0 Å². The summed E-state index contributed by atoms with van der Waals surface area (Å²) in [6.07, 6.45) is 0.401. The maximum Gasteiger partial charge on any atom is 0.305 e. The molecule has 98 valence electrons. The molecule has 0 fully saturated rings. The Kier molecular flexibility index (Phi) is 6.93. The van der Waals surface area contributed by atoms with E-state index in [1.807, 2.05) is 13.8 Å². The van der Waals surface area contributed by atoms with Crippen LogP contribution in [0.2, 0.25) is 0 Å². The summed E-state index contributed by atoms with van der Waals surface area (Å²) < 4.78 is 0. The lowest BCUT2D eigenvalue weighted by atomic mass is 10.0. The number of aliphatic carboxylic acids is 1. The van der Waals surface area contributed by atoms with Crippen LogP contribution in [-0.4, -0.2) is 35.5 Å². The second kappa shape index (κ2) is 7.65. The van der Waals surface area contributed by atoms with Crippen LogP contribution in [0.3, 0.4) is 0 Å². The van der Waals surface area contributed by atoms with Gasteiger partial charge in [-0.1, -0.05) is 13.8 Å². The molecule has 17 heavy (non-hydrogen) atoms. The zero-order chi connectivity index (χ0) is 13.4. The van der Waals surface area contributed by atoms with Crippen LogP contribution < -0.4 is 10.6 Å². The van der Waals surface area contributed by atoms with E-state index in [0.717, 1.165) is 0 Å². The fourth-order valence-corrected chi connectivity index (χ4v) is 1.36. The van der Waals surface area contributed by atoms with Crippen molar-refractivity contribution in [2.45, 2.75) is 39.7 Å². The van der Waals surface area contributed by atoms with Crippen LogP contribution in [-0.2, 0) is 14.4 Å². The number of carbonyl (C=O) groups is 3. The molecule has 0 aromatic rings. The Morgan fingerprint density at radius 2 is 1.82 bits per heavy atom. The van der Waals surface area contributed by atoms with Crippen LogP contribution in [0.15, 0.2) is 0 Å². The molecule has 0 spiro atoms.